The van der Waals surface area contributed by atoms with Crippen LogP contribution in [0.15, 0.2) is 23.1 Å². The van der Waals surface area contributed by atoms with E-state index < -0.39 is 0 Å². The predicted molar refractivity (Wildman–Crippen MR) is 84.9 cm³/mol. The van der Waals surface area contributed by atoms with Gasteiger partial charge in [-0.15, -0.1) is 0 Å². The molecule has 0 bridgehead atoms. The molecule has 0 atom stereocenters. The van der Waals surface area contributed by atoms with Crippen molar-refractivity contribution in [2.75, 3.05) is 5.32 Å². The van der Waals surface area contributed by atoms with Crippen LogP contribution < -0.4 is 10.9 Å². The summed E-state index contributed by atoms with van der Waals surface area (Å²) in [4.78, 5) is 28.6. The summed E-state index contributed by atoms with van der Waals surface area (Å²) in [5, 5.41) is 8.19. The normalized spacial score (nSPS) is 11.2. The number of hydrogen-bond acceptors (Lipinski definition) is 4. The van der Waals surface area contributed by atoms with Crippen molar-refractivity contribution < 1.29 is 4.79 Å². The van der Waals surface area contributed by atoms with Gasteiger partial charge in [0.25, 0.3) is 5.56 Å². The van der Waals surface area contributed by atoms with Crippen LogP contribution in [0.3, 0.4) is 0 Å². The molecular formula is C15H17N5O2. The summed E-state index contributed by atoms with van der Waals surface area (Å²) in [6.07, 6.45) is 2.48. The molecule has 1 amide bonds. The van der Waals surface area contributed by atoms with Crippen molar-refractivity contribution in [3.63, 3.8) is 0 Å². The highest BCUT2D eigenvalue weighted by molar-refractivity contribution is 6.08. The van der Waals surface area contributed by atoms with Crippen LogP contribution >= 0.6 is 0 Å². The van der Waals surface area contributed by atoms with Crippen molar-refractivity contribution in [1.82, 2.24) is 19.3 Å². The van der Waals surface area contributed by atoms with Crippen molar-refractivity contribution in [3.8, 4) is 0 Å². The lowest BCUT2D eigenvalue weighted by molar-refractivity contribution is -0.114. The van der Waals surface area contributed by atoms with E-state index in [0.717, 1.165) is 11.8 Å². The molecule has 0 aliphatic heterocycles. The van der Waals surface area contributed by atoms with Crippen LogP contribution in [-0.4, -0.2) is 25.2 Å². The number of fused-ring (bicyclic) bond motifs is 3. The maximum absolute atomic E-state index is 12.9. The minimum atomic E-state index is -0.257. The maximum Gasteiger partial charge on any atom is 0.265 e. The maximum atomic E-state index is 12.9. The van der Waals surface area contributed by atoms with E-state index in [9.17, 15) is 9.59 Å². The Morgan fingerprint density at radius 3 is 2.86 bits per heavy atom. The van der Waals surface area contributed by atoms with Crippen LogP contribution in [0.25, 0.3) is 21.9 Å². The Hall–Kier alpha value is -2.70. The first kappa shape index (κ1) is 14.2. The lowest BCUT2D eigenvalue weighted by atomic mass is 10.2. The molecule has 0 radical (unpaired) electrons. The summed E-state index contributed by atoms with van der Waals surface area (Å²) >= 11 is 0. The highest BCUT2D eigenvalue weighted by atomic mass is 16.1. The second kappa shape index (κ2) is 5.25. The topological polar surface area (TPSA) is 81.8 Å². The molecular weight excluding hydrogens is 282 g/mol. The summed E-state index contributed by atoms with van der Waals surface area (Å²) in [6, 6.07) is 3.74. The van der Waals surface area contributed by atoms with Gasteiger partial charge in [-0.25, -0.2) is 4.98 Å². The third-order valence-electron chi connectivity index (χ3n) is 3.55. The zero-order chi connectivity index (χ0) is 15.9. The minimum Gasteiger partial charge on any atom is -0.309 e. The number of hydrogen-bond donors (Lipinski definition) is 1. The number of nitrogens with one attached hydrogen (secondary N) is 1. The van der Waals surface area contributed by atoms with Crippen LogP contribution in [0.2, 0.25) is 0 Å². The first-order chi connectivity index (χ1) is 10.5. The second-order valence-corrected chi connectivity index (χ2v) is 5.21. The molecule has 0 saturated heterocycles. The molecule has 3 aromatic heterocycles. The number of carbonyl (C=O) groups is 1. The zero-order valence-corrected chi connectivity index (χ0v) is 12.8. The van der Waals surface area contributed by atoms with Gasteiger partial charge in [-0.2, -0.15) is 5.10 Å². The van der Waals surface area contributed by atoms with Gasteiger partial charge in [0.05, 0.1) is 5.52 Å². The van der Waals surface area contributed by atoms with Gasteiger partial charge in [-0.05, 0) is 18.6 Å². The van der Waals surface area contributed by atoms with Crippen molar-refractivity contribution >= 4 is 33.7 Å². The summed E-state index contributed by atoms with van der Waals surface area (Å²) in [7, 11) is 1.75. The number of anilines is 1. The Labute approximate surface area is 126 Å². The SMILES string of the molecule is CCCn1c(=O)c2c(NC(C)=O)nn(C)c2c2cccnc21. The number of rotatable bonds is 3. The van der Waals surface area contributed by atoms with Crippen LogP contribution in [0.5, 0.6) is 0 Å². The fourth-order valence-corrected chi connectivity index (χ4v) is 2.75. The van der Waals surface area contributed by atoms with E-state index in [2.05, 4.69) is 15.4 Å². The number of nitrogens with zero attached hydrogens (tertiary/aromatic N) is 4. The smallest absolute Gasteiger partial charge is 0.265 e. The standard InChI is InChI=1S/C15H17N5O2/c1-4-8-20-14-10(6-5-7-16-14)12-11(15(20)22)13(17-9(2)21)18-19(12)3/h5-7H,4,8H2,1-3H3,(H,17,18,21). The molecule has 7 nitrogen and oxygen atoms in total. The van der Waals surface area contributed by atoms with Gasteiger partial charge >= 0.3 is 0 Å². The molecule has 3 aromatic rings. The molecule has 7 heteroatoms. The summed E-state index contributed by atoms with van der Waals surface area (Å²) in [5.41, 5.74) is 1.14. The number of carbonyl (C=O) groups excluding carboxylic acids is 1. The molecule has 0 fully saturated rings. The third-order valence-corrected chi connectivity index (χ3v) is 3.55. The number of aromatic nitrogens is 4. The molecule has 0 aromatic carbocycles. The van der Waals surface area contributed by atoms with Gasteiger partial charge in [0.1, 0.15) is 11.0 Å². The average Bonchev–Trinajstić information content (AvgIpc) is 2.79. The first-order valence-corrected chi connectivity index (χ1v) is 7.16. The van der Waals surface area contributed by atoms with E-state index in [4.69, 9.17) is 0 Å². The van der Waals surface area contributed by atoms with Gasteiger partial charge in [-0.1, -0.05) is 6.92 Å². The van der Waals surface area contributed by atoms with Crippen LogP contribution in [0, 0.1) is 0 Å². The molecule has 1 N–H and O–H groups in total. The highest BCUT2D eigenvalue weighted by Gasteiger charge is 2.19. The quantitative estimate of drug-likeness (QED) is 0.797. The molecule has 0 aliphatic carbocycles. The predicted octanol–water partition coefficient (Wildman–Crippen LogP) is 1.65. The highest BCUT2D eigenvalue weighted by Crippen LogP contribution is 2.26. The van der Waals surface area contributed by atoms with Gasteiger partial charge in [0, 0.05) is 32.1 Å². The molecule has 0 aliphatic rings. The zero-order valence-electron chi connectivity index (χ0n) is 12.8. The molecule has 22 heavy (non-hydrogen) atoms. The fourth-order valence-electron chi connectivity index (χ4n) is 2.75. The summed E-state index contributed by atoms with van der Waals surface area (Å²) in [5.74, 6) is 0.0401. The van der Waals surface area contributed by atoms with Gasteiger partial charge in [0.15, 0.2) is 5.82 Å². The Morgan fingerprint density at radius 1 is 1.41 bits per heavy atom. The van der Waals surface area contributed by atoms with E-state index in [1.54, 1.807) is 22.5 Å². The van der Waals surface area contributed by atoms with Crippen molar-refractivity contribution in [3.05, 3.63) is 28.7 Å². The first-order valence-electron chi connectivity index (χ1n) is 7.16. The number of pyridine rings is 2. The molecule has 3 heterocycles. The van der Waals surface area contributed by atoms with E-state index in [1.165, 1.54) is 6.92 Å². The molecule has 0 unspecified atom stereocenters. The van der Waals surface area contributed by atoms with E-state index in [0.29, 0.717) is 28.9 Å². The van der Waals surface area contributed by atoms with Gasteiger partial charge < -0.3 is 5.32 Å². The van der Waals surface area contributed by atoms with E-state index in [1.807, 2.05) is 19.1 Å². The molecule has 0 saturated carbocycles. The van der Waals surface area contributed by atoms with Gasteiger partial charge in [0.2, 0.25) is 5.91 Å². The number of amides is 1. The number of aryl methyl sites for hydroxylation is 2. The Balaban J connectivity index is 2.51. The summed E-state index contributed by atoms with van der Waals surface area (Å²) < 4.78 is 3.26. The van der Waals surface area contributed by atoms with Crippen molar-refractivity contribution in [1.29, 1.82) is 0 Å². The van der Waals surface area contributed by atoms with Crippen LogP contribution in [-0.2, 0) is 18.4 Å². The van der Waals surface area contributed by atoms with Gasteiger partial charge in [-0.3, -0.25) is 18.8 Å². The van der Waals surface area contributed by atoms with Crippen LogP contribution in [0.4, 0.5) is 5.82 Å². The Morgan fingerprint density at radius 2 is 2.18 bits per heavy atom. The van der Waals surface area contributed by atoms with E-state index in [-0.39, 0.29) is 11.5 Å². The fraction of sp³-hybridized carbons (Fsp3) is 0.333. The summed E-state index contributed by atoms with van der Waals surface area (Å²) in [6.45, 7) is 3.97. The monoisotopic (exact) mass is 299 g/mol. The minimum absolute atomic E-state index is 0.181. The molecule has 114 valence electrons. The third kappa shape index (κ3) is 2.05. The molecule has 0 spiro atoms. The molecule has 3 rings (SSSR count). The Kier molecular flexibility index (Phi) is 3.40. The van der Waals surface area contributed by atoms with Crippen molar-refractivity contribution in [2.24, 2.45) is 7.05 Å². The van der Waals surface area contributed by atoms with Crippen molar-refractivity contribution in [2.45, 2.75) is 26.8 Å². The Bertz CT molecular complexity index is 938. The second-order valence-electron chi connectivity index (χ2n) is 5.21. The van der Waals surface area contributed by atoms with E-state index >= 15 is 0 Å². The lowest BCUT2D eigenvalue weighted by Gasteiger charge is -2.10. The largest absolute Gasteiger partial charge is 0.309 e. The average molecular weight is 299 g/mol. The lowest BCUT2D eigenvalue weighted by Crippen LogP contribution is -2.22. The van der Waals surface area contributed by atoms with Crippen LogP contribution in [0.1, 0.15) is 20.3 Å².